The Bertz CT molecular complexity index is 831. The first-order valence-corrected chi connectivity index (χ1v) is 9.78. The molecule has 2 unspecified atom stereocenters. The normalized spacial score (nSPS) is 30.4. The van der Waals surface area contributed by atoms with E-state index >= 15 is 0 Å². The Balaban J connectivity index is 1.35. The highest BCUT2D eigenvalue weighted by Gasteiger charge is 2.42. The molecule has 3 fully saturated rings. The number of amides is 3. The lowest BCUT2D eigenvalue weighted by Gasteiger charge is -2.29. The predicted octanol–water partition coefficient (Wildman–Crippen LogP) is 0.637. The molecule has 3 amide bonds. The van der Waals surface area contributed by atoms with Crippen molar-refractivity contribution in [3.8, 4) is 0 Å². The molecule has 5 rings (SSSR count). The molecule has 7 nitrogen and oxygen atoms in total. The fourth-order valence-corrected chi connectivity index (χ4v) is 5.06. The fourth-order valence-electron chi connectivity index (χ4n) is 5.06. The van der Waals surface area contributed by atoms with Crippen molar-refractivity contribution in [3.05, 3.63) is 29.3 Å². The number of carbonyl (C=O) groups is 3. The summed E-state index contributed by atoms with van der Waals surface area (Å²) in [7, 11) is 0. The largest absolute Gasteiger partial charge is 0.371 e. The van der Waals surface area contributed by atoms with Gasteiger partial charge in [-0.05, 0) is 49.6 Å². The molecular formula is C20H24N4O3. The molecule has 1 aromatic rings. The summed E-state index contributed by atoms with van der Waals surface area (Å²) in [6.07, 6.45) is 3.12. The van der Waals surface area contributed by atoms with Crippen LogP contribution in [0.3, 0.4) is 0 Å². The predicted molar refractivity (Wildman–Crippen MR) is 99.2 cm³/mol. The monoisotopic (exact) mass is 368 g/mol. The molecule has 4 heterocycles. The summed E-state index contributed by atoms with van der Waals surface area (Å²) in [5.74, 6) is -0.723. The number of hydrogen-bond acceptors (Lipinski definition) is 5. The Kier molecular flexibility index (Phi) is 3.75. The van der Waals surface area contributed by atoms with Crippen LogP contribution in [0, 0.1) is 5.41 Å². The number of benzene rings is 1. The molecule has 0 bridgehead atoms. The van der Waals surface area contributed by atoms with Gasteiger partial charge in [-0.3, -0.25) is 19.7 Å². The van der Waals surface area contributed by atoms with Crippen LogP contribution >= 0.6 is 0 Å². The number of anilines is 1. The summed E-state index contributed by atoms with van der Waals surface area (Å²) < 4.78 is 0. The maximum atomic E-state index is 12.8. The number of hydrogen-bond donors (Lipinski definition) is 2. The molecular weight excluding hydrogens is 344 g/mol. The van der Waals surface area contributed by atoms with Crippen molar-refractivity contribution in [1.82, 2.24) is 15.5 Å². The van der Waals surface area contributed by atoms with E-state index in [1.165, 1.54) is 12.8 Å². The SMILES string of the molecule is O=C1CCC(N2Cc3cc(N4CCC5(CCNC5)C4)ccc3C2=O)C(=O)N1. The Morgan fingerprint density at radius 2 is 2.04 bits per heavy atom. The van der Waals surface area contributed by atoms with Gasteiger partial charge >= 0.3 is 0 Å². The van der Waals surface area contributed by atoms with Crippen LogP contribution in [0.2, 0.25) is 0 Å². The number of rotatable bonds is 2. The van der Waals surface area contributed by atoms with Crippen LogP contribution in [0.25, 0.3) is 0 Å². The number of carbonyl (C=O) groups excluding carboxylic acids is 3. The molecule has 1 spiro atoms. The van der Waals surface area contributed by atoms with Gasteiger partial charge in [0.05, 0.1) is 0 Å². The summed E-state index contributed by atoms with van der Waals surface area (Å²) in [5.41, 5.74) is 3.22. The number of imide groups is 1. The Morgan fingerprint density at radius 3 is 2.81 bits per heavy atom. The second-order valence-electron chi connectivity index (χ2n) is 8.34. The average molecular weight is 368 g/mol. The van der Waals surface area contributed by atoms with Crippen LogP contribution in [0.4, 0.5) is 5.69 Å². The molecule has 7 heteroatoms. The van der Waals surface area contributed by atoms with Crippen LogP contribution in [0.1, 0.15) is 41.6 Å². The van der Waals surface area contributed by atoms with Gasteiger partial charge in [0, 0.05) is 49.3 Å². The first kappa shape index (κ1) is 16.7. The van der Waals surface area contributed by atoms with Crippen LogP contribution < -0.4 is 15.5 Å². The zero-order valence-electron chi connectivity index (χ0n) is 15.3. The lowest BCUT2D eigenvalue weighted by Crippen LogP contribution is -2.52. The highest BCUT2D eigenvalue weighted by atomic mass is 16.2. The van der Waals surface area contributed by atoms with Crippen LogP contribution in [0.15, 0.2) is 18.2 Å². The summed E-state index contributed by atoms with van der Waals surface area (Å²) in [6, 6.07) is 5.49. The van der Waals surface area contributed by atoms with E-state index in [0.29, 0.717) is 23.9 Å². The fraction of sp³-hybridized carbons (Fsp3) is 0.550. The van der Waals surface area contributed by atoms with Gasteiger partial charge in [-0.15, -0.1) is 0 Å². The standard InChI is InChI=1S/C20H24N4O3/c25-17-4-3-16(18(26)22-17)24-10-13-9-14(1-2-15(13)19(24)27)23-8-6-20(12-23)5-7-21-11-20/h1-2,9,16,21H,3-8,10-12H2,(H,22,25,26). The molecule has 2 atom stereocenters. The van der Waals surface area contributed by atoms with Crippen molar-refractivity contribution in [2.75, 3.05) is 31.1 Å². The Morgan fingerprint density at radius 1 is 1.15 bits per heavy atom. The van der Waals surface area contributed by atoms with Gasteiger partial charge in [-0.25, -0.2) is 0 Å². The third-order valence-electron chi connectivity index (χ3n) is 6.64. The maximum Gasteiger partial charge on any atom is 0.255 e. The minimum atomic E-state index is -0.550. The molecule has 0 radical (unpaired) electrons. The first-order chi connectivity index (χ1) is 13.0. The minimum Gasteiger partial charge on any atom is -0.371 e. The van der Waals surface area contributed by atoms with Gasteiger partial charge in [0.25, 0.3) is 5.91 Å². The van der Waals surface area contributed by atoms with Gasteiger partial charge in [0.1, 0.15) is 6.04 Å². The average Bonchev–Trinajstić information content (AvgIpc) is 3.36. The molecule has 27 heavy (non-hydrogen) atoms. The zero-order valence-corrected chi connectivity index (χ0v) is 15.3. The Hall–Kier alpha value is -2.41. The number of nitrogens with one attached hydrogen (secondary N) is 2. The van der Waals surface area contributed by atoms with Crippen molar-refractivity contribution >= 4 is 23.4 Å². The third kappa shape index (κ3) is 2.72. The molecule has 3 saturated heterocycles. The topological polar surface area (TPSA) is 81.8 Å². The van der Waals surface area contributed by atoms with E-state index in [-0.39, 0.29) is 24.1 Å². The molecule has 4 aliphatic heterocycles. The van der Waals surface area contributed by atoms with Crippen molar-refractivity contribution in [2.45, 2.75) is 38.3 Å². The molecule has 0 aliphatic carbocycles. The van der Waals surface area contributed by atoms with Gasteiger partial charge in [-0.2, -0.15) is 0 Å². The highest BCUT2D eigenvalue weighted by Crippen LogP contribution is 2.39. The van der Waals surface area contributed by atoms with Gasteiger partial charge < -0.3 is 15.1 Å². The second kappa shape index (κ2) is 6.05. The third-order valence-corrected chi connectivity index (χ3v) is 6.64. The minimum absolute atomic E-state index is 0.107. The first-order valence-electron chi connectivity index (χ1n) is 9.78. The van der Waals surface area contributed by atoms with E-state index in [0.717, 1.165) is 37.4 Å². The Labute approximate surface area is 158 Å². The molecule has 4 aliphatic rings. The van der Waals surface area contributed by atoms with Gasteiger partial charge in [0.2, 0.25) is 11.8 Å². The van der Waals surface area contributed by atoms with Gasteiger partial charge in [0.15, 0.2) is 0 Å². The maximum absolute atomic E-state index is 12.8. The summed E-state index contributed by atoms with van der Waals surface area (Å²) in [5, 5.41) is 5.84. The lowest BCUT2D eigenvalue weighted by molar-refractivity contribution is -0.136. The van der Waals surface area contributed by atoms with E-state index < -0.39 is 6.04 Å². The van der Waals surface area contributed by atoms with Crippen LogP contribution in [-0.2, 0) is 16.1 Å². The molecule has 1 aromatic carbocycles. The van der Waals surface area contributed by atoms with Crippen LogP contribution in [-0.4, -0.2) is 54.8 Å². The summed E-state index contributed by atoms with van der Waals surface area (Å²) in [4.78, 5) is 40.4. The quantitative estimate of drug-likeness (QED) is 0.749. The smallest absolute Gasteiger partial charge is 0.255 e. The van der Waals surface area contributed by atoms with Crippen molar-refractivity contribution < 1.29 is 14.4 Å². The van der Waals surface area contributed by atoms with Crippen LogP contribution in [0.5, 0.6) is 0 Å². The van der Waals surface area contributed by atoms with E-state index in [4.69, 9.17) is 0 Å². The molecule has 0 aromatic heterocycles. The van der Waals surface area contributed by atoms with Gasteiger partial charge in [-0.1, -0.05) is 0 Å². The molecule has 142 valence electrons. The second-order valence-corrected chi connectivity index (χ2v) is 8.34. The van der Waals surface area contributed by atoms with Crippen molar-refractivity contribution in [1.29, 1.82) is 0 Å². The molecule has 2 N–H and O–H groups in total. The van der Waals surface area contributed by atoms with E-state index in [9.17, 15) is 14.4 Å². The highest BCUT2D eigenvalue weighted by molar-refractivity contribution is 6.05. The van der Waals surface area contributed by atoms with Crippen molar-refractivity contribution in [2.24, 2.45) is 5.41 Å². The summed E-state index contributed by atoms with van der Waals surface area (Å²) >= 11 is 0. The summed E-state index contributed by atoms with van der Waals surface area (Å²) in [6.45, 7) is 4.74. The van der Waals surface area contributed by atoms with E-state index in [2.05, 4.69) is 21.6 Å². The number of piperidine rings is 1. The molecule has 0 saturated carbocycles. The van der Waals surface area contributed by atoms with E-state index in [1.54, 1.807) is 4.90 Å². The van der Waals surface area contributed by atoms with Crippen molar-refractivity contribution in [3.63, 3.8) is 0 Å². The number of fused-ring (bicyclic) bond motifs is 1. The van der Waals surface area contributed by atoms with E-state index in [1.807, 2.05) is 12.1 Å². The lowest BCUT2D eigenvalue weighted by atomic mass is 9.86. The number of nitrogens with zero attached hydrogens (tertiary/aromatic N) is 2. The zero-order chi connectivity index (χ0) is 18.6.